The summed E-state index contributed by atoms with van der Waals surface area (Å²) in [5, 5.41) is 15.0. The number of benzene rings is 1. The molecule has 1 amide bonds. The molecule has 0 saturated carbocycles. The predicted octanol–water partition coefficient (Wildman–Crippen LogP) is 2.68. The van der Waals surface area contributed by atoms with Crippen LogP contribution in [0.5, 0.6) is 0 Å². The van der Waals surface area contributed by atoms with E-state index in [0.29, 0.717) is 6.42 Å². The Labute approximate surface area is 135 Å². The monoisotopic (exact) mass is 311 g/mol. The van der Waals surface area contributed by atoms with Gasteiger partial charge in [-0.1, -0.05) is 36.4 Å². The van der Waals surface area contributed by atoms with Crippen LogP contribution in [-0.4, -0.2) is 34.8 Å². The lowest BCUT2D eigenvalue weighted by molar-refractivity contribution is 0.180. The highest BCUT2D eigenvalue weighted by molar-refractivity contribution is 5.65. The van der Waals surface area contributed by atoms with E-state index in [1.165, 1.54) is 0 Å². The minimum atomic E-state index is -0.963. The largest absolute Gasteiger partial charge is 0.465 e. The molecule has 2 aromatic rings. The van der Waals surface area contributed by atoms with E-state index in [9.17, 15) is 4.79 Å². The molecule has 1 fully saturated rings. The van der Waals surface area contributed by atoms with E-state index in [1.807, 2.05) is 48.5 Å². The number of nitrogens with zero attached hydrogens (tertiary/aromatic N) is 1. The Hall–Kier alpha value is -2.40. The van der Waals surface area contributed by atoms with Gasteiger partial charge in [0.2, 0.25) is 0 Å². The topological polar surface area (TPSA) is 74.2 Å². The Kier molecular flexibility index (Phi) is 4.88. The highest BCUT2D eigenvalue weighted by Crippen LogP contribution is 2.18. The van der Waals surface area contributed by atoms with Gasteiger partial charge in [-0.25, -0.2) is 4.79 Å². The van der Waals surface area contributed by atoms with Crippen molar-refractivity contribution in [2.45, 2.75) is 31.3 Å². The van der Waals surface area contributed by atoms with Crippen molar-refractivity contribution in [1.29, 1.82) is 0 Å². The number of rotatable bonds is 4. The van der Waals surface area contributed by atoms with E-state index in [0.717, 1.165) is 36.3 Å². The van der Waals surface area contributed by atoms with Gasteiger partial charge < -0.3 is 15.7 Å². The zero-order chi connectivity index (χ0) is 16.1. The second-order valence-electron chi connectivity index (χ2n) is 5.84. The van der Waals surface area contributed by atoms with Crippen LogP contribution in [0.15, 0.2) is 48.5 Å². The summed E-state index contributed by atoms with van der Waals surface area (Å²) in [6, 6.07) is 16.1. The lowest BCUT2D eigenvalue weighted by Crippen LogP contribution is -2.54. The van der Waals surface area contributed by atoms with Crippen molar-refractivity contribution in [3.05, 3.63) is 54.2 Å². The summed E-state index contributed by atoms with van der Waals surface area (Å²) in [6.45, 7) is 0.918. The van der Waals surface area contributed by atoms with Gasteiger partial charge in [-0.2, -0.15) is 0 Å². The Morgan fingerprint density at radius 1 is 1.22 bits per heavy atom. The molecule has 5 nitrogen and oxygen atoms in total. The Bertz CT molecular complexity index is 660. The van der Waals surface area contributed by atoms with Crippen LogP contribution in [0.1, 0.15) is 18.5 Å². The van der Waals surface area contributed by atoms with Crippen LogP contribution < -0.4 is 10.6 Å². The fraction of sp³-hybridized carbons (Fsp3) is 0.333. The smallest absolute Gasteiger partial charge is 0.404 e. The van der Waals surface area contributed by atoms with Gasteiger partial charge in [-0.15, -0.1) is 0 Å². The molecule has 1 saturated heterocycles. The fourth-order valence-corrected chi connectivity index (χ4v) is 3.09. The van der Waals surface area contributed by atoms with Gasteiger partial charge in [0.25, 0.3) is 0 Å². The predicted molar refractivity (Wildman–Crippen MR) is 89.4 cm³/mol. The number of carboxylic acid groups (broad SMARTS) is 1. The standard InChI is InChI=1S/C18H21N3O2/c22-18(23)21-16-10-5-11-19-17(16)12-14-8-4-9-15(20-14)13-6-2-1-3-7-13/h1-4,6-9,16-17,19,21H,5,10-12H2,(H,22,23)/t16-,17-/m1/s1. The third-order valence-electron chi connectivity index (χ3n) is 4.20. The van der Waals surface area contributed by atoms with Crippen molar-refractivity contribution in [1.82, 2.24) is 15.6 Å². The number of amides is 1. The van der Waals surface area contributed by atoms with E-state index in [2.05, 4.69) is 10.6 Å². The first kappa shape index (κ1) is 15.5. The van der Waals surface area contributed by atoms with Gasteiger partial charge in [0.1, 0.15) is 0 Å². The van der Waals surface area contributed by atoms with E-state index in [1.54, 1.807) is 0 Å². The zero-order valence-corrected chi connectivity index (χ0v) is 12.9. The molecule has 1 aliphatic rings. The summed E-state index contributed by atoms with van der Waals surface area (Å²) in [5.41, 5.74) is 3.01. The second kappa shape index (κ2) is 7.24. The molecule has 0 bridgehead atoms. The van der Waals surface area contributed by atoms with Crippen LogP contribution >= 0.6 is 0 Å². The molecule has 3 rings (SSSR count). The maximum Gasteiger partial charge on any atom is 0.404 e. The molecule has 1 aliphatic heterocycles. The molecule has 23 heavy (non-hydrogen) atoms. The number of hydrogen-bond donors (Lipinski definition) is 3. The van der Waals surface area contributed by atoms with Crippen LogP contribution in [-0.2, 0) is 6.42 Å². The van der Waals surface area contributed by atoms with Crippen LogP contribution in [0.3, 0.4) is 0 Å². The Balaban J connectivity index is 1.75. The van der Waals surface area contributed by atoms with Crippen molar-refractivity contribution in [2.75, 3.05) is 6.54 Å². The lowest BCUT2D eigenvalue weighted by atomic mass is 9.94. The van der Waals surface area contributed by atoms with Crippen molar-refractivity contribution < 1.29 is 9.90 Å². The van der Waals surface area contributed by atoms with E-state index in [-0.39, 0.29) is 12.1 Å². The Morgan fingerprint density at radius 2 is 2.04 bits per heavy atom. The molecule has 120 valence electrons. The van der Waals surface area contributed by atoms with E-state index >= 15 is 0 Å². The molecule has 1 aromatic heterocycles. The van der Waals surface area contributed by atoms with Gasteiger partial charge in [0.15, 0.2) is 0 Å². The first-order valence-electron chi connectivity index (χ1n) is 7.96. The molecular weight excluding hydrogens is 290 g/mol. The molecule has 0 radical (unpaired) electrons. The normalized spacial score (nSPS) is 20.9. The minimum Gasteiger partial charge on any atom is -0.465 e. The van der Waals surface area contributed by atoms with E-state index < -0.39 is 6.09 Å². The molecule has 0 spiro atoms. The number of pyridine rings is 1. The van der Waals surface area contributed by atoms with Gasteiger partial charge in [0.05, 0.1) is 5.69 Å². The summed E-state index contributed by atoms with van der Waals surface area (Å²) >= 11 is 0. The second-order valence-corrected chi connectivity index (χ2v) is 5.84. The highest BCUT2D eigenvalue weighted by atomic mass is 16.4. The first-order valence-corrected chi connectivity index (χ1v) is 7.96. The number of nitrogens with one attached hydrogen (secondary N) is 2. The minimum absolute atomic E-state index is 0.0663. The maximum absolute atomic E-state index is 11.0. The van der Waals surface area contributed by atoms with Crippen molar-refractivity contribution in [2.24, 2.45) is 0 Å². The van der Waals surface area contributed by atoms with Crippen LogP contribution in [0.25, 0.3) is 11.3 Å². The quantitative estimate of drug-likeness (QED) is 0.811. The molecule has 3 N–H and O–H groups in total. The number of piperidine rings is 1. The SMILES string of the molecule is O=C(O)N[C@@H]1CCCN[C@@H]1Cc1cccc(-c2ccccc2)n1. The van der Waals surface area contributed by atoms with Gasteiger partial charge in [-0.05, 0) is 31.5 Å². The number of carbonyl (C=O) groups is 1. The summed E-state index contributed by atoms with van der Waals surface area (Å²) in [4.78, 5) is 15.7. The van der Waals surface area contributed by atoms with Crippen molar-refractivity contribution >= 4 is 6.09 Å². The third-order valence-corrected chi connectivity index (χ3v) is 4.20. The summed E-state index contributed by atoms with van der Waals surface area (Å²) in [6.07, 6.45) is 1.60. The summed E-state index contributed by atoms with van der Waals surface area (Å²) < 4.78 is 0. The number of aromatic nitrogens is 1. The highest BCUT2D eigenvalue weighted by Gasteiger charge is 2.26. The average molecular weight is 311 g/mol. The Morgan fingerprint density at radius 3 is 2.83 bits per heavy atom. The van der Waals surface area contributed by atoms with Crippen LogP contribution in [0.2, 0.25) is 0 Å². The fourth-order valence-electron chi connectivity index (χ4n) is 3.09. The molecule has 2 atom stereocenters. The zero-order valence-electron chi connectivity index (χ0n) is 12.9. The third kappa shape index (κ3) is 4.07. The molecular formula is C18H21N3O2. The van der Waals surface area contributed by atoms with Gasteiger partial charge in [0, 0.05) is 29.8 Å². The first-order chi connectivity index (χ1) is 11.2. The van der Waals surface area contributed by atoms with Crippen molar-refractivity contribution in [3.8, 4) is 11.3 Å². The molecule has 1 aromatic carbocycles. The maximum atomic E-state index is 11.0. The number of hydrogen-bond acceptors (Lipinski definition) is 3. The van der Waals surface area contributed by atoms with Gasteiger partial charge >= 0.3 is 6.09 Å². The molecule has 2 heterocycles. The summed E-state index contributed by atoms with van der Waals surface area (Å²) in [5.74, 6) is 0. The molecule has 5 heteroatoms. The van der Waals surface area contributed by atoms with Crippen LogP contribution in [0, 0.1) is 0 Å². The molecule has 0 aliphatic carbocycles. The van der Waals surface area contributed by atoms with Crippen molar-refractivity contribution in [3.63, 3.8) is 0 Å². The van der Waals surface area contributed by atoms with Crippen LogP contribution in [0.4, 0.5) is 4.79 Å². The van der Waals surface area contributed by atoms with Gasteiger partial charge in [-0.3, -0.25) is 4.98 Å². The average Bonchev–Trinajstić information content (AvgIpc) is 2.57. The molecule has 0 unspecified atom stereocenters. The van der Waals surface area contributed by atoms with E-state index in [4.69, 9.17) is 10.1 Å². The lowest BCUT2D eigenvalue weighted by Gasteiger charge is -2.32. The summed E-state index contributed by atoms with van der Waals surface area (Å²) in [7, 11) is 0.